The van der Waals surface area contributed by atoms with Gasteiger partial charge in [0.15, 0.2) is 0 Å². The standard InChI is InChI=1S/C18H29NO2/c1-5-10-19-14-16-7-8-17(20-11-6-2)13-18(16)21-12-9-15(3)4/h7-8,13,19H,3,5-6,9-12,14H2,1-2,4H3. The van der Waals surface area contributed by atoms with E-state index >= 15 is 0 Å². The summed E-state index contributed by atoms with van der Waals surface area (Å²) in [6.07, 6.45) is 3.01. The van der Waals surface area contributed by atoms with Crippen LogP contribution in [-0.2, 0) is 6.54 Å². The van der Waals surface area contributed by atoms with Crippen LogP contribution in [-0.4, -0.2) is 19.8 Å². The number of nitrogens with one attached hydrogen (secondary N) is 1. The van der Waals surface area contributed by atoms with Gasteiger partial charge in [0.2, 0.25) is 0 Å². The molecule has 1 aromatic rings. The summed E-state index contributed by atoms with van der Waals surface area (Å²) in [5.74, 6) is 1.79. The van der Waals surface area contributed by atoms with E-state index in [1.165, 1.54) is 5.56 Å². The molecule has 0 saturated heterocycles. The molecule has 0 saturated carbocycles. The molecule has 0 amide bonds. The van der Waals surface area contributed by atoms with Crippen molar-refractivity contribution in [1.82, 2.24) is 5.32 Å². The number of benzene rings is 1. The van der Waals surface area contributed by atoms with Crippen molar-refractivity contribution in [1.29, 1.82) is 0 Å². The summed E-state index contributed by atoms with van der Waals surface area (Å²) in [6, 6.07) is 6.10. The molecule has 0 aliphatic heterocycles. The summed E-state index contributed by atoms with van der Waals surface area (Å²) in [5.41, 5.74) is 2.31. The first-order chi connectivity index (χ1) is 10.2. The summed E-state index contributed by atoms with van der Waals surface area (Å²) >= 11 is 0. The first-order valence-electron chi connectivity index (χ1n) is 7.91. The van der Waals surface area contributed by atoms with Crippen LogP contribution in [0, 0.1) is 0 Å². The topological polar surface area (TPSA) is 30.5 Å². The molecule has 0 fully saturated rings. The van der Waals surface area contributed by atoms with Gasteiger partial charge in [0.05, 0.1) is 13.2 Å². The molecule has 0 radical (unpaired) electrons. The van der Waals surface area contributed by atoms with Gasteiger partial charge < -0.3 is 14.8 Å². The summed E-state index contributed by atoms with van der Waals surface area (Å²) in [7, 11) is 0. The summed E-state index contributed by atoms with van der Waals surface area (Å²) in [5, 5.41) is 3.42. The monoisotopic (exact) mass is 291 g/mol. The number of ether oxygens (including phenoxy) is 2. The van der Waals surface area contributed by atoms with Crippen LogP contribution in [0.3, 0.4) is 0 Å². The van der Waals surface area contributed by atoms with E-state index < -0.39 is 0 Å². The van der Waals surface area contributed by atoms with Gasteiger partial charge in [-0.1, -0.05) is 25.5 Å². The quantitative estimate of drug-likeness (QED) is 0.486. The molecular weight excluding hydrogens is 262 g/mol. The molecule has 0 aromatic heterocycles. The van der Waals surface area contributed by atoms with Crippen molar-refractivity contribution >= 4 is 0 Å². The first-order valence-corrected chi connectivity index (χ1v) is 7.91. The van der Waals surface area contributed by atoms with Crippen molar-refractivity contribution < 1.29 is 9.47 Å². The van der Waals surface area contributed by atoms with Crippen LogP contribution in [0.2, 0.25) is 0 Å². The van der Waals surface area contributed by atoms with E-state index in [1.54, 1.807) is 0 Å². The highest BCUT2D eigenvalue weighted by atomic mass is 16.5. The highest BCUT2D eigenvalue weighted by Gasteiger charge is 2.06. The molecule has 1 aromatic carbocycles. The Balaban J connectivity index is 2.71. The van der Waals surface area contributed by atoms with Crippen molar-refractivity contribution in [2.45, 2.75) is 46.6 Å². The van der Waals surface area contributed by atoms with Gasteiger partial charge in [0.1, 0.15) is 11.5 Å². The van der Waals surface area contributed by atoms with Gasteiger partial charge in [-0.3, -0.25) is 0 Å². The summed E-state index contributed by atoms with van der Waals surface area (Å²) in [6.45, 7) is 13.4. The molecule has 0 aliphatic carbocycles. The van der Waals surface area contributed by atoms with Crippen LogP contribution in [0.4, 0.5) is 0 Å². The fourth-order valence-electron chi connectivity index (χ4n) is 1.86. The minimum Gasteiger partial charge on any atom is -0.493 e. The van der Waals surface area contributed by atoms with Gasteiger partial charge in [-0.05, 0) is 32.4 Å². The lowest BCUT2D eigenvalue weighted by molar-refractivity contribution is 0.301. The molecule has 0 bridgehead atoms. The van der Waals surface area contributed by atoms with Crippen LogP contribution in [0.5, 0.6) is 11.5 Å². The van der Waals surface area contributed by atoms with Crippen LogP contribution in [0.15, 0.2) is 30.4 Å². The SMILES string of the molecule is C=C(C)CCOc1cc(OCCC)ccc1CNCCC. The zero-order valence-electron chi connectivity index (χ0n) is 13.7. The second-order valence-electron chi connectivity index (χ2n) is 5.35. The van der Waals surface area contributed by atoms with Crippen molar-refractivity contribution in [3.8, 4) is 11.5 Å². The maximum absolute atomic E-state index is 5.92. The third-order valence-electron chi connectivity index (χ3n) is 3.04. The lowest BCUT2D eigenvalue weighted by Crippen LogP contribution is -2.15. The molecule has 118 valence electrons. The third-order valence-corrected chi connectivity index (χ3v) is 3.04. The van der Waals surface area contributed by atoms with Crippen LogP contribution >= 0.6 is 0 Å². The zero-order valence-corrected chi connectivity index (χ0v) is 13.7. The minimum absolute atomic E-state index is 0.660. The minimum atomic E-state index is 0.660. The van der Waals surface area contributed by atoms with Gasteiger partial charge in [0, 0.05) is 24.6 Å². The van der Waals surface area contributed by atoms with Gasteiger partial charge in [-0.2, -0.15) is 0 Å². The average Bonchev–Trinajstić information content (AvgIpc) is 2.46. The Morgan fingerprint density at radius 1 is 1.14 bits per heavy atom. The molecule has 3 heteroatoms. The van der Waals surface area contributed by atoms with Crippen molar-refractivity contribution in [2.24, 2.45) is 0 Å². The molecule has 0 unspecified atom stereocenters. The van der Waals surface area contributed by atoms with Crippen molar-refractivity contribution in [3.05, 3.63) is 35.9 Å². The van der Waals surface area contributed by atoms with Crippen molar-refractivity contribution in [3.63, 3.8) is 0 Å². The van der Waals surface area contributed by atoms with E-state index in [0.717, 1.165) is 56.0 Å². The molecule has 0 aliphatic rings. The van der Waals surface area contributed by atoms with E-state index in [2.05, 4.69) is 31.8 Å². The highest BCUT2D eigenvalue weighted by Crippen LogP contribution is 2.25. The maximum Gasteiger partial charge on any atom is 0.127 e. The molecule has 1 N–H and O–H groups in total. The molecular formula is C18H29NO2. The van der Waals surface area contributed by atoms with E-state index in [9.17, 15) is 0 Å². The molecule has 1 rings (SSSR count). The fraction of sp³-hybridized carbons (Fsp3) is 0.556. The van der Waals surface area contributed by atoms with E-state index in [0.29, 0.717) is 6.61 Å². The second kappa shape index (κ2) is 10.3. The van der Waals surface area contributed by atoms with Gasteiger partial charge in [-0.25, -0.2) is 0 Å². The first kappa shape index (κ1) is 17.6. The third kappa shape index (κ3) is 7.19. The average molecular weight is 291 g/mol. The Morgan fingerprint density at radius 3 is 2.62 bits per heavy atom. The van der Waals surface area contributed by atoms with Gasteiger partial charge >= 0.3 is 0 Å². The van der Waals surface area contributed by atoms with Crippen molar-refractivity contribution in [2.75, 3.05) is 19.8 Å². The van der Waals surface area contributed by atoms with Crippen LogP contribution < -0.4 is 14.8 Å². The number of hydrogen-bond donors (Lipinski definition) is 1. The lowest BCUT2D eigenvalue weighted by Gasteiger charge is -2.14. The second-order valence-corrected chi connectivity index (χ2v) is 5.35. The van der Waals surface area contributed by atoms with Crippen LogP contribution in [0.1, 0.15) is 45.6 Å². The molecule has 0 spiro atoms. The van der Waals surface area contributed by atoms with Gasteiger partial charge in [-0.15, -0.1) is 6.58 Å². The zero-order chi connectivity index (χ0) is 15.5. The molecule has 21 heavy (non-hydrogen) atoms. The predicted octanol–water partition coefficient (Wildman–Crippen LogP) is 4.32. The summed E-state index contributed by atoms with van der Waals surface area (Å²) in [4.78, 5) is 0. The van der Waals surface area contributed by atoms with Gasteiger partial charge in [0.25, 0.3) is 0 Å². The maximum atomic E-state index is 5.92. The Kier molecular flexibility index (Phi) is 8.60. The number of rotatable bonds is 11. The summed E-state index contributed by atoms with van der Waals surface area (Å²) < 4.78 is 11.6. The van der Waals surface area contributed by atoms with E-state index in [4.69, 9.17) is 9.47 Å². The lowest BCUT2D eigenvalue weighted by atomic mass is 10.2. The Morgan fingerprint density at radius 2 is 1.95 bits per heavy atom. The Hall–Kier alpha value is -1.48. The molecule has 3 nitrogen and oxygen atoms in total. The Labute approximate surface area is 129 Å². The van der Waals surface area contributed by atoms with Crippen LogP contribution in [0.25, 0.3) is 0 Å². The molecule has 0 atom stereocenters. The predicted molar refractivity (Wildman–Crippen MR) is 89.2 cm³/mol. The Bertz CT molecular complexity index is 429. The smallest absolute Gasteiger partial charge is 0.127 e. The number of hydrogen-bond acceptors (Lipinski definition) is 3. The fourth-order valence-corrected chi connectivity index (χ4v) is 1.86. The molecule has 0 heterocycles. The van der Waals surface area contributed by atoms with E-state index in [1.807, 2.05) is 19.1 Å². The van der Waals surface area contributed by atoms with E-state index in [-0.39, 0.29) is 0 Å². The largest absolute Gasteiger partial charge is 0.493 e. The highest BCUT2D eigenvalue weighted by molar-refractivity contribution is 5.40. The normalized spacial score (nSPS) is 10.4.